The molecular weight excluding hydrogens is 486 g/mol. The van der Waals surface area contributed by atoms with Crippen molar-refractivity contribution in [3.63, 3.8) is 0 Å². The van der Waals surface area contributed by atoms with Gasteiger partial charge < -0.3 is 25.4 Å². The predicted octanol–water partition coefficient (Wildman–Crippen LogP) is 3.50. The molecule has 210 valence electrons. The summed E-state index contributed by atoms with van der Waals surface area (Å²) in [6, 6.07) is 8.10. The second-order valence-corrected chi connectivity index (χ2v) is 11.0. The highest BCUT2D eigenvalue weighted by Gasteiger charge is 2.34. The summed E-state index contributed by atoms with van der Waals surface area (Å²) in [7, 11) is 1.25. The van der Waals surface area contributed by atoms with Crippen molar-refractivity contribution in [2.24, 2.45) is 17.8 Å². The van der Waals surface area contributed by atoms with E-state index in [0.717, 1.165) is 31.2 Å². The number of methoxy groups -OCH3 is 1. The van der Waals surface area contributed by atoms with Gasteiger partial charge in [0.1, 0.15) is 18.2 Å². The van der Waals surface area contributed by atoms with E-state index in [2.05, 4.69) is 16.0 Å². The van der Waals surface area contributed by atoms with Crippen LogP contribution in [-0.2, 0) is 30.3 Å². The Morgan fingerprint density at radius 1 is 1.00 bits per heavy atom. The third-order valence-electron chi connectivity index (χ3n) is 7.51. The van der Waals surface area contributed by atoms with Gasteiger partial charge in [0.05, 0.1) is 7.11 Å². The van der Waals surface area contributed by atoms with Crippen LogP contribution >= 0.6 is 0 Å². The Hall–Kier alpha value is -3.10. The number of amides is 3. The first kappa shape index (κ1) is 29.5. The molecule has 3 amide bonds. The molecule has 4 atom stereocenters. The fraction of sp³-hybridized carbons (Fsp3) is 0.655. The Morgan fingerprint density at radius 3 is 2.32 bits per heavy atom. The van der Waals surface area contributed by atoms with E-state index >= 15 is 0 Å². The number of hydrogen-bond acceptors (Lipinski definition) is 6. The topological polar surface area (TPSA) is 123 Å². The van der Waals surface area contributed by atoms with Gasteiger partial charge in [-0.25, -0.2) is 9.59 Å². The minimum atomic E-state index is -0.984. The van der Waals surface area contributed by atoms with Gasteiger partial charge in [0.25, 0.3) is 0 Å². The summed E-state index contributed by atoms with van der Waals surface area (Å²) >= 11 is 0. The maximum Gasteiger partial charge on any atom is 0.408 e. The molecule has 0 radical (unpaired) electrons. The monoisotopic (exact) mass is 529 g/mol. The molecule has 2 aliphatic rings. The number of carbonyl (C=O) groups excluding carboxylic acids is 4. The highest BCUT2D eigenvalue weighted by Crippen LogP contribution is 2.30. The normalized spacial score (nSPS) is 20.2. The van der Waals surface area contributed by atoms with Crippen molar-refractivity contribution in [3.05, 3.63) is 35.9 Å². The first-order chi connectivity index (χ1) is 18.3. The Kier molecular flexibility index (Phi) is 11.4. The fourth-order valence-electron chi connectivity index (χ4n) is 5.46. The van der Waals surface area contributed by atoms with Gasteiger partial charge in [-0.1, -0.05) is 63.4 Å². The summed E-state index contributed by atoms with van der Waals surface area (Å²) in [4.78, 5) is 50.9. The van der Waals surface area contributed by atoms with Gasteiger partial charge in [-0.15, -0.1) is 0 Å². The number of alkyl carbamates (subject to hydrolysis) is 1. The zero-order valence-electron chi connectivity index (χ0n) is 22.9. The number of benzene rings is 1. The van der Waals surface area contributed by atoms with E-state index in [1.165, 1.54) is 13.5 Å². The number of esters is 1. The van der Waals surface area contributed by atoms with E-state index in [9.17, 15) is 19.2 Å². The van der Waals surface area contributed by atoms with Crippen molar-refractivity contribution in [2.75, 3.05) is 13.7 Å². The van der Waals surface area contributed by atoms with E-state index in [-0.39, 0.29) is 36.2 Å². The van der Waals surface area contributed by atoms with Gasteiger partial charge in [0, 0.05) is 18.9 Å². The average molecular weight is 530 g/mol. The standard InChI is InChI=1S/C29H43N3O6/c1-19(2)16-23(27(34)31-24(28(35)37-3)18-22-14-15-30-26(22)33)32-29(36)38-25(21-12-8-5-9-13-21)17-20-10-6-4-7-11-20/h4,6-7,10-11,19,21-25H,5,8-9,12-18H2,1-3H3,(H,30,33)(H,31,34)(H,32,36)/t22-,23-,24-,25?/m0/s1. The number of ether oxygens (including phenoxy) is 2. The van der Waals surface area contributed by atoms with Crippen molar-refractivity contribution in [1.82, 2.24) is 16.0 Å². The van der Waals surface area contributed by atoms with Crippen molar-refractivity contribution >= 4 is 23.9 Å². The molecule has 0 aromatic heterocycles. The van der Waals surface area contributed by atoms with Gasteiger partial charge >= 0.3 is 12.1 Å². The molecule has 1 aromatic rings. The van der Waals surface area contributed by atoms with E-state index in [0.29, 0.717) is 25.8 Å². The van der Waals surface area contributed by atoms with Crippen LogP contribution < -0.4 is 16.0 Å². The molecule has 3 rings (SSSR count). The highest BCUT2D eigenvalue weighted by molar-refractivity contribution is 5.90. The molecule has 1 saturated heterocycles. The van der Waals surface area contributed by atoms with E-state index in [1.54, 1.807) is 0 Å². The minimum absolute atomic E-state index is 0.0988. The lowest BCUT2D eigenvalue weighted by molar-refractivity contribution is -0.146. The summed E-state index contributed by atoms with van der Waals surface area (Å²) in [6.45, 7) is 4.45. The van der Waals surface area contributed by atoms with E-state index in [1.807, 2.05) is 44.2 Å². The minimum Gasteiger partial charge on any atom is -0.467 e. The molecule has 9 heteroatoms. The second kappa shape index (κ2) is 14.7. The summed E-state index contributed by atoms with van der Waals surface area (Å²) in [6.07, 6.45) is 6.25. The molecule has 1 aromatic carbocycles. The van der Waals surface area contributed by atoms with Crippen LogP contribution in [0.25, 0.3) is 0 Å². The highest BCUT2D eigenvalue weighted by atomic mass is 16.6. The molecular formula is C29H43N3O6. The smallest absolute Gasteiger partial charge is 0.408 e. The van der Waals surface area contributed by atoms with Crippen molar-refractivity contribution in [3.8, 4) is 0 Å². The number of rotatable bonds is 12. The fourth-order valence-corrected chi connectivity index (χ4v) is 5.46. The molecule has 1 unspecified atom stereocenters. The molecule has 1 saturated carbocycles. The van der Waals surface area contributed by atoms with Gasteiger partial charge in [0.2, 0.25) is 11.8 Å². The largest absolute Gasteiger partial charge is 0.467 e. The summed E-state index contributed by atoms with van der Waals surface area (Å²) in [5, 5.41) is 8.23. The van der Waals surface area contributed by atoms with Crippen molar-refractivity contribution < 1.29 is 28.7 Å². The number of hydrogen-bond donors (Lipinski definition) is 3. The Bertz CT molecular complexity index is 932. The number of carbonyl (C=O) groups is 4. The zero-order valence-corrected chi connectivity index (χ0v) is 22.9. The molecule has 2 fully saturated rings. The summed E-state index contributed by atoms with van der Waals surface area (Å²) < 4.78 is 10.9. The molecule has 1 heterocycles. The summed E-state index contributed by atoms with van der Waals surface area (Å²) in [5.41, 5.74) is 1.10. The van der Waals surface area contributed by atoms with Crippen LogP contribution in [0.1, 0.15) is 70.8 Å². The first-order valence-corrected chi connectivity index (χ1v) is 13.9. The molecule has 1 aliphatic heterocycles. The Morgan fingerprint density at radius 2 is 1.71 bits per heavy atom. The van der Waals surface area contributed by atoms with Gasteiger partial charge in [0.15, 0.2) is 0 Å². The van der Waals surface area contributed by atoms with Crippen LogP contribution in [0.15, 0.2) is 30.3 Å². The first-order valence-electron chi connectivity index (χ1n) is 13.9. The van der Waals surface area contributed by atoms with Crippen LogP contribution in [-0.4, -0.2) is 55.7 Å². The molecule has 9 nitrogen and oxygen atoms in total. The molecule has 1 aliphatic carbocycles. The van der Waals surface area contributed by atoms with Crippen molar-refractivity contribution in [1.29, 1.82) is 0 Å². The maximum absolute atomic E-state index is 13.3. The SMILES string of the molecule is COC(=O)[C@H](C[C@@H]1CCNC1=O)NC(=O)[C@H](CC(C)C)NC(=O)OC(Cc1ccccc1)C1CCCCC1. The average Bonchev–Trinajstić information content (AvgIpc) is 3.31. The van der Waals surface area contributed by atoms with E-state index in [4.69, 9.17) is 9.47 Å². The lowest BCUT2D eigenvalue weighted by atomic mass is 9.83. The Balaban J connectivity index is 1.67. The number of nitrogens with one attached hydrogen (secondary N) is 3. The molecule has 0 bridgehead atoms. The lowest BCUT2D eigenvalue weighted by Crippen LogP contribution is -2.53. The van der Waals surface area contributed by atoms with Crippen LogP contribution in [0.5, 0.6) is 0 Å². The van der Waals surface area contributed by atoms with Crippen LogP contribution in [0.3, 0.4) is 0 Å². The lowest BCUT2D eigenvalue weighted by Gasteiger charge is -2.31. The van der Waals surface area contributed by atoms with Gasteiger partial charge in [-0.2, -0.15) is 0 Å². The third-order valence-corrected chi connectivity index (χ3v) is 7.51. The second-order valence-electron chi connectivity index (χ2n) is 11.0. The van der Waals surface area contributed by atoms with Crippen LogP contribution in [0.4, 0.5) is 4.79 Å². The van der Waals surface area contributed by atoms with Crippen LogP contribution in [0, 0.1) is 17.8 Å². The van der Waals surface area contributed by atoms with Gasteiger partial charge in [-0.3, -0.25) is 9.59 Å². The van der Waals surface area contributed by atoms with Crippen LogP contribution in [0.2, 0.25) is 0 Å². The predicted molar refractivity (Wildman–Crippen MR) is 143 cm³/mol. The Labute approximate surface area is 225 Å². The molecule has 38 heavy (non-hydrogen) atoms. The third kappa shape index (κ3) is 9.03. The molecule has 0 spiro atoms. The quantitative estimate of drug-likeness (QED) is 0.356. The van der Waals surface area contributed by atoms with Crippen molar-refractivity contribution in [2.45, 2.75) is 89.8 Å². The van der Waals surface area contributed by atoms with Gasteiger partial charge in [-0.05, 0) is 49.5 Å². The van der Waals surface area contributed by atoms with E-state index < -0.39 is 30.1 Å². The summed E-state index contributed by atoms with van der Waals surface area (Å²) in [5.74, 6) is -1.27. The zero-order chi connectivity index (χ0) is 27.5. The maximum atomic E-state index is 13.3. The molecule has 3 N–H and O–H groups in total.